The summed E-state index contributed by atoms with van der Waals surface area (Å²) in [5.74, 6) is 1.23. The molecule has 1 aromatic carbocycles. The average molecular weight is 413 g/mol. The Morgan fingerprint density at radius 2 is 1.93 bits per heavy atom. The van der Waals surface area contributed by atoms with Gasteiger partial charge in [0.15, 0.2) is 11.5 Å². The molecular weight excluding hydrogens is 380 g/mol. The monoisotopic (exact) mass is 412 g/mol. The van der Waals surface area contributed by atoms with E-state index in [1.54, 1.807) is 0 Å². The van der Waals surface area contributed by atoms with Crippen LogP contribution in [0.3, 0.4) is 0 Å². The Hall–Kier alpha value is -1.80. The van der Waals surface area contributed by atoms with Gasteiger partial charge in [-0.3, -0.25) is 4.79 Å². The zero-order chi connectivity index (χ0) is 20.6. The topological polar surface area (TPSA) is 93.7 Å². The number of nitrogens with one attached hydrogen (secondary N) is 2. The van der Waals surface area contributed by atoms with Crippen LogP contribution in [0, 0.1) is 5.92 Å². The summed E-state index contributed by atoms with van der Waals surface area (Å²) in [6, 6.07) is 4.61. The van der Waals surface area contributed by atoms with Crippen LogP contribution in [0.1, 0.15) is 51.9 Å². The van der Waals surface area contributed by atoms with Gasteiger partial charge in [0, 0.05) is 25.1 Å². The maximum Gasteiger partial charge on any atom is 0.240 e. The zero-order valence-corrected chi connectivity index (χ0v) is 17.8. The van der Waals surface area contributed by atoms with Gasteiger partial charge in [-0.05, 0) is 37.3 Å². The van der Waals surface area contributed by atoms with Crippen molar-refractivity contribution in [2.45, 2.75) is 62.8 Å². The van der Waals surface area contributed by atoms with Crippen molar-refractivity contribution >= 4 is 15.9 Å². The maximum absolute atomic E-state index is 12.5. The van der Waals surface area contributed by atoms with Crippen molar-refractivity contribution in [3.63, 3.8) is 0 Å². The highest BCUT2D eigenvalue weighted by atomic mass is 32.2. The molecule has 0 radical (unpaired) electrons. The fraction of sp³-hybridized carbons (Fsp3) is 0.650. The number of sulfonamides is 1. The van der Waals surface area contributed by atoms with E-state index in [0.29, 0.717) is 17.4 Å². The lowest BCUT2D eigenvalue weighted by Gasteiger charge is -2.21. The molecule has 2 atom stereocenters. The summed E-state index contributed by atoms with van der Waals surface area (Å²) in [5.41, 5.74) is 0. The Bertz CT molecular complexity index is 751. The highest BCUT2D eigenvalue weighted by Crippen LogP contribution is 2.30. The Kier molecular flexibility index (Phi) is 8.57. The van der Waals surface area contributed by atoms with E-state index in [4.69, 9.17) is 9.47 Å². The fourth-order valence-corrected chi connectivity index (χ4v) is 4.73. The molecule has 1 saturated carbocycles. The van der Waals surface area contributed by atoms with E-state index in [1.807, 2.05) is 0 Å². The molecule has 28 heavy (non-hydrogen) atoms. The molecule has 1 amide bonds. The fourth-order valence-electron chi connectivity index (χ4n) is 3.68. The lowest BCUT2D eigenvalue weighted by Crippen LogP contribution is -2.39. The molecule has 7 nitrogen and oxygen atoms in total. The molecule has 0 bridgehead atoms. The smallest absolute Gasteiger partial charge is 0.240 e. The first kappa shape index (κ1) is 22.5. The van der Waals surface area contributed by atoms with Crippen molar-refractivity contribution in [3.8, 4) is 11.5 Å². The Morgan fingerprint density at radius 1 is 1.18 bits per heavy atom. The van der Waals surface area contributed by atoms with Gasteiger partial charge in [0.25, 0.3) is 0 Å². The highest BCUT2D eigenvalue weighted by Gasteiger charge is 2.27. The molecule has 1 aliphatic rings. The van der Waals surface area contributed by atoms with E-state index in [2.05, 4.69) is 17.0 Å². The Morgan fingerprint density at radius 3 is 2.61 bits per heavy atom. The van der Waals surface area contributed by atoms with Crippen molar-refractivity contribution in [3.05, 3.63) is 18.2 Å². The number of benzene rings is 1. The molecule has 2 rings (SSSR count). The number of hydrogen-bond acceptors (Lipinski definition) is 5. The number of ether oxygens (including phenoxy) is 2. The van der Waals surface area contributed by atoms with Gasteiger partial charge in [0.05, 0.1) is 19.1 Å². The molecule has 0 heterocycles. The molecule has 0 saturated heterocycles. The molecule has 1 aromatic rings. The first-order valence-electron chi connectivity index (χ1n) is 9.92. The third kappa shape index (κ3) is 6.10. The van der Waals surface area contributed by atoms with Gasteiger partial charge in [-0.1, -0.05) is 26.2 Å². The minimum atomic E-state index is -3.73. The Labute approximate surface area is 168 Å². The molecule has 1 aliphatic carbocycles. The number of unbranched alkanes of at least 4 members (excludes halogenated alkanes) is 1. The van der Waals surface area contributed by atoms with Crippen molar-refractivity contribution in [2.75, 3.05) is 20.8 Å². The van der Waals surface area contributed by atoms with Gasteiger partial charge in [-0.15, -0.1) is 0 Å². The van der Waals surface area contributed by atoms with Crippen LogP contribution in [-0.4, -0.2) is 41.1 Å². The number of hydrogen-bond donors (Lipinski definition) is 2. The van der Waals surface area contributed by atoms with E-state index in [-0.39, 0.29) is 29.8 Å². The molecule has 0 aromatic heterocycles. The molecule has 2 N–H and O–H groups in total. The van der Waals surface area contributed by atoms with Crippen LogP contribution in [0.4, 0.5) is 0 Å². The van der Waals surface area contributed by atoms with Crippen LogP contribution < -0.4 is 19.5 Å². The third-order valence-corrected chi connectivity index (χ3v) is 6.70. The highest BCUT2D eigenvalue weighted by molar-refractivity contribution is 7.89. The first-order chi connectivity index (χ1) is 13.4. The van der Waals surface area contributed by atoms with Gasteiger partial charge in [0.1, 0.15) is 0 Å². The second kappa shape index (κ2) is 10.7. The van der Waals surface area contributed by atoms with E-state index in [1.165, 1.54) is 38.8 Å². The number of rotatable bonds is 11. The number of carbonyl (C=O) groups is 1. The van der Waals surface area contributed by atoms with Crippen LogP contribution in [0.2, 0.25) is 0 Å². The molecular formula is C20H32N2O5S. The van der Waals surface area contributed by atoms with Crippen molar-refractivity contribution in [2.24, 2.45) is 5.92 Å². The van der Waals surface area contributed by atoms with Crippen LogP contribution in [0.5, 0.6) is 11.5 Å². The summed E-state index contributed by atoms with van der Waals surface area (Å²) < 4.78 is 37.7. The minimum Gasteiger partial charge on any atom is -0.493 e. The van der Waals surface area contributed by atoms with Gasteiger partial charge in [-0.25, -0.2) is 13.1 Å². The van der Waals surface area contributed by atoms with E-state index in [9.17, 15) is 13.2 Å². The maximum atomic E-state index is 12.5. The van der Waals surface area contributed by atoms with E-state index in [0.717, 1.165) is 32.1 Å². The van der Waals surface area contributed by atoms with Crippen LogP contribution in [-0.2, 0) is 14.8 Å². The molecule has 0 spiro atoms. The van der Waals surface area contributed by atoms with Gasteiger partial charge in [-0.2, -0.15) is 0 Å². The SMILES string of the molecule is CCCCC1CCCC1NC(=O)CCNS(=O)(=O)c1ccc(OC)c(OC)c1. The number of carbonyl (C=O) groups excluding carboxylic acids is 1. The van der Waals surface area contributed by atoms with Gasteiger partial charge < -0.3 is 14.8 Å². The summed E-state index contributed by atoms with van der Waals surface area (Å²) in [5, 5.41) is 3.09. The predicted molar refractivity (Wildman–Crippen MR) is 108 cm³/mol. The third-order valence-electron chi connectivity index (χ3n) is 5.24. The van der Waals surface area contributed by atoms with Crippen molar-refractivity contribution < 1.29 is 22.7 Å². The standard InChI is InChI=1S/C20H32N2O5S/c1-4-5-7-15-8-6-9-17(15)22-20(23)12-13-21-28(24,25)16-10-11-18(26-2)19(14-16)27-3/h10-11,14-15,17,21H,4-9,12-13H2,1-3H3,(H,22,23). The second-order valence-corrected chi connectivity index (χ2v) is 8.94. The molecule has 8 heteroatoms. The second-order valence-electron chi connectivity index (χ2n) is 7.17. The summed E-state index contributed by atoms with van der Waals surface area (Å²) in [4.78, 5) is 12.3. The molecule has 2 unspecified atom stereocenters. The van der Waals surface area contributed by atoms with Gasteiger partial charge >= 0.3 is 0 Å². The lowest BCUT2D eigenvalue weighted by atomic mass is 9.97. The normalized spacial score (nSPS) is 19.4. The summed E-state index contributed by atoms with van der Waals surface area (Å²) in [7, 11) is -0.796. The largest absolute Gasteiger partial charge is 0.493 e. The van der Waals surface area contributed by atoms with E-state index < -0.39 is 10.0 Å². The van der Waals surface area contributed by atoms with Crippen LogP contribution >= 0.6 is 0 Å². The average Bonchev–Trinajstić information content (AvgIpc) is 3.12. The van der Waals surface area contributed by atoms with E-state index >= 15 is 0 Å². The summed E-state index contributed by atoms with van der Waals surface area (Å²) in [6.45, 7) is 2.22. The van der Waals surface area contributed by atoms with Crippen molar-refractivity contribution in [1.29, 1.82) is 0 Å². The Balaban J connectivity index is 1.85. The van der Waals surface area contributed by atoms with Crippen molar-refractivity contribution in [1.82, 2.24) is 10.0 Å². The predicted octanol–water partition coefficient (Wildman–Crippen LogP) is 2.85. The van der Waals surface area contributed by atoms with Crippen LogP contribution in [0.25, 0.3) is 0 Å². The van der Waals surface area contributed by atoms with Gasteiger partial charge in [0.2, 0.25) is 15.9 Å². The number of methoxy groups -OCH3 is 2. The van der Waals surface area contributed by atoms with Crippen LogP contribution in [0.15, 0.2) is 23.1 Å². The summed E-state index contributed by atoms with van der Waals surface area (Å²) in [6.07, 6.45) is 6.92. The molecule has 158 valence electrons. The zero-order valence-electron chi connectivity index (χ0n) is 17.0. The summed E-state index contributed by atoms with van der Waals surface area (Å²) >= 11 is 0. The first-order valence-corrected chi connectivity index (χ1v) is 11.4. The number of amides is 1. The quantitative estimate of drug-likeness (QED) is 0.583. The lowest BCUT2D eigenvalue weighted by molar-refractivity contribution is -0.121. The minimum absolute atomic E-state index is 0.0505. The molecule has 1 fully saturated rings. The molecule has 0 aliphatic heterocycles.